The molecule has 0 N–H and O–H groups in total. The molecule has 0 saturated heterocycles. The highest BCUT2D eigenvalue weighted by molar-refractivity contribution is 7.99. The average molecular weight is 220 g/mol. The molecule has 0 aliphatic rings. The van der Waals surface area contributed by atoms with Gasteiger partial charge in [0.15, 0.2) is 0 Å². The Kier molecular flexibility index (Phi) is 5.86. The molecule has 80 valence electrons. The fraction of sp³-hybridized carbons (Fsp3) is 0.308. The first-order valence-corrected chi connectivity index (χ1v) is 6.09. The molecule has 0 unspecified atom stereocenters. The topological polar surface area (TPSA) is 17.1 Å². The number of carbonyl (C=O) groups is 1. The van der Waals surface area contributed by atoms with Crippen molar-refractivity contribution >= 4 is 18.0 Å². The van der Waals surface area contributed by atoms with E-state index < -0.39 is 0 Å². The van der Waals surface area contributed by atoms with Crippen LogP contribution in [0.1, 0.15) is 19.3 Å². The van der Waals surface area contributed by atoms with Gasteiger partial charge in [-0.2, -0.15) is 0 Å². The van der Waals surface area contributed by atoms with Gasteiger partial charge in [0, 0.05) is 17.1 Å². The van der Waals surface area contributed by atoms with Gasteiger partial charge in [-0.15, -0.1) is 11.8 Å². The third-order valence-electron chi connectivity index (χ3n) is 2.08. The van der Waals surface area contributed by atoms with Gasteiger partial charge in [0.25, 0.3) is 0 Å². The van der Waals surface area contributed by atoms with Crippen LogP contribution in [0.4, 0.5) is 0 Å². The number of hydrogen-bond donors (Lipinski definition) is 0. The molecule has 0 radical (unpaired) electrons. The van der Waals surface area contributed by atoms with Crippen LogP contribution in [0.15, 0.2) is 47.4 Å². The van der Waals surface area contributed by atoms with Crippen LogP contribution >= 0.6 is 11.8 Å². The highest BCUT2D eigenvalue weighted by Crippen LogP contribution is 2.20. The van der Waals surface area contributed by atoms with E-state index in [1.807, 2.05) is 30.0 Å². The number of allylic oxidation sites excluding steroid dienone is 1. The number of aldehydes is 1. The Labute approximate surface area is 95.6 Å². The molecule has 0 bridgehead atoms. The summed E-state index contributed by atoms with van der Waals surface area (Å²) >= 11 is 1.83. The maximum absolute atomic E-state index is 10.2. The third-order valence-corrected chi connectivity index (χ3v) is 3.10. The van der Waals surface area contributed by atoms with Crippen LogP contribution in [0.5, 0.6) is 0 Å². The second-order valence-corrected chi connectivity index (χ2v) is 4.54. The number of hydrogen-bond acceptors (Lipinski definition) is 2. The van der Waals surface area contributed by atoms with Crippen molar-refractivity contribution in [2.75, 3.05) is 5.75 Å². The van der Waals surface area contributed by atoms with E-state index in [-0.39, 0.29) is 0 Å². The number of rotatable bonds is 7. The minimum Gasteiger partial charge on any atom is -0.303 e. The molecule has 1 rings (SSSR count). The summed E-state index contributed by atoms with van der Waals surface area (Å²) < 4.78 is 0. The average Bonchev–Trinajstić information content (AvgIpc) is 2.28. The molecule has 1 nitrogen and oxygen atoms in total. The maximum atomic E-state index is 10.2. The van der Waals surface area contributed by atoms with E-state index in [0.717, 1.165) is 24.9 Å². The summed E-state index contributed by atoms with van der Waals surface area (Å²) in [4.78, 5) is 11.5. The third kappa shape index (κ3) is 5.43. The molecule has 1 aromatic carbocycles. The van der Waals surface area contributed by atoms with E-state index in [2.05, 4.69) is 18.7 Å². The zero-order valence-electron chi connectivity index (χ0n) is 8.82. The van der Waals surface area contributed by atoms with E-state index in [1.165, 1.54) is 10.5 Å². The van der Waals surface area contributed by atoms with E-state index in [9.17, 15) is 4.79 Å². The lowest BCUT2D eigenvalue weighted by Gasteiger charge is -2.03. The normalized spacial score (nSPS) is 9.87. The van der Waals surface area contributed by atoms with Gasteiger partial charge in [-0.05, 0) is 25.0 Å². The largest absolute Gasteiger partial charge is 0.303 e. The van der Waals surface area contributed by atoms with Gasteiger partial charge in [0.2, 0.25) is 0 Å². The SMILES string of the molecule is C=C(CCC=O)CCSc1ccccc1. The smallest absolute Gasteiger partial charge is 0.120 e. The van der Waals surface area contributed by atoms with Crippen LogP contribution in [-0.4, -0.2) is 12.0 Å². The standard InChI is InChI=1S/C13H16OS/c1-12(6-5-10-14)9-11-15-13-7-3-2-4-8-13/h2-4,7-8,10H,1,5-6,9,11H2. The van der Waals surface area contributed by atoms with E-state index in [1.54, 1.807) is 0 Å². The molecule has 0 aromatic heterocycles. The molecule has 15 heavy (non-hydrogen) atoms. The Morgan fingerprint density at radius 2 is 2.00 bits per heavy atom. The lowest BCUT2D eigenvalue weighted by molar-refractivity contribution is -0.107. The van der Waals surface area contributed by atoms with Crippen LogP contribution in [-0.2, 0) is 4.79 Å². The first kappa shape index (κ1) is 12.1. The Morgan fingerprint density at radius 3 is 2.67 bits per heavy atom. The molecule has 0 spiro atoms. The lowest BCUT2D eigenvalue weighted by Crippen LogP contribution is -1.86. The molecule has 0 heterocycles. The first-order valence-electron chi connectivity index (χ1n) is 5.11. The molecule has 0 aliphatic heterocycles. The van der Waals surface area contributed by atoms with Gasteiger partial charge >= 0.3 is 0 Å². The van der Waals surface area contributed by atoms with Gasteiger partial charge in [-0.3, -0.25) is 0 Å². The van der Waals surface area contributed by atoms with Crippen LogP contribution < -0.4 is 0 Å². The van der Waals surface area contributed by atoms with E-state index >= 15 is 0 Å². The number of benzene rings is 1. The molecule has 0 amide bonds. The van der Waals surface area contributed by atoms with E-state index in [0.29, 0.717) is 6.42 Å². The second kappa shape index (κ2) is 7.30. The van der Waals surface area contributed by atoms with Gasteiger partial charge in [-0.1, -0.05) is 30.4 Å². The minimum atomic E-state index is 0.606. The summed E-state index contributed by atoms with van der Waals surface area (Å²) in [6.45, 7) is 3.95. The van der Waals surface area contributed by atoms with Crippen molar-refractivity contribution in [2.45, 2.75) is 24.2 Å². The predicted octanol–water partition coefficient (Wildman–Crippen LogP) is 3.70. The van der Waals surface area contributed by atoms with Crippen LogP contribution in [0.2, 0.25) is 0 Å². The lowest BCUT2D eigenvalue weighted by atomic mass is 10.1. The Hall–Kier alpha value is -1.02. The zero-order valence-corrected chi connectivity index (χ0v) is 9.63. The monoisotopic (exact) mass is 220 g/mol. The van der Waals surface area contributed by atoms with Crippen molar-refractivity contribution in [1.29, 1.82) is 0 Å². The Morgan fingerprint density at radius 1 is 1.27 bits per heavy atom. The molecule has 0 saturated carbocycles. The van der Waals surface area contributed by atoms with Crippen molar-refractivity contribution < 1.29 is 4.79 Å². The molecule has 0 fully saturated rings. The maximum Gasteiger partial charge on any atom is 0.120 e. The first-order chi connectivity index (χ1) is 7.33. The zero-order chi connectivity index (χ0) is 10.9. The summed E-state index contributed by atoms with van der Waals surface area (Å²) in [5.74, 6) is 1.04. The van der Waals surface area contributed by atoms with Gasteiger partial charge in [0.05, 0.1) is 0 Å². The summed E-state index contributed by atoms with van der Waals surface area (Å²) in [5, 5.41) is 0. The predicted molar refractivity (Wildman–Crippen MR) is 66.2 cm³/mol. The molecule has 0 aliphatic carbocycles. The summed E-state index contributed by atoms with van der Waals surface area (Å²) in [6, 6.07) is 10.3. The molecule has 0 atom stereocenters. The highest BCUT2D eigenvalue weighted by atomic mass is 32.2. The van der Waals surface area contributed by atoms with Crippen LogP contribution in [0.3, 0.4) is 0 Å². The Bertz CT molecular complexity index is 306. The Balaban J connectivity index is 2.16. The molecular weight excluding hydrogens is 204 g/mol. The van der Waals surface area contributed by atoms with E-state index in [4.69, 9.17) is 0 Å². The van der Waals surface area contributed by atoms with Gasteiger partial charge < -0.3 is 4.79 Å². The summed E-state index contributed by atoms with van der Waals surface area (Å²) in [7, 11) is 0. The van der Waals surface area contributed by atoms with Crippen molar-refractivity contribution in [3.63, 3.8) is 0 Å². The summed E-state index contributed by atoms with van der Waals surface area (Å²) in [6.07, 6.45) is 3.39. The van der Waals surface area contributed by atoms with Gasteiger partial charge in [-0.25, -0.2) is 0 Å². The fourth-order valence-electron chi connectivity index (χ4n) is 1.22. The summed E-state index contributed by atoms with van der Waals surface area (Å²) in [5.41, 5.74) is 1.17. The quantitative estimate of drug-likeness (QED) is 0.396. The fourth-order valence-corrected chi connectivity index (χ4v) is 2.19. The van der Waals surface area contributed by atoms with Crippen LogP contribution in [0.25, 0.3) is 0 Å². The molecule has 1 aromatic rings. The van der Waals surface area contributed by atoms with Crippen molar-refractivity contribution in [2.24, 2.45) is 0 Å². The minimum absolute atomic E-state index is 0.606. The highest BCUT2D eigenvalue weighted by Gasteiger charge is 1.96. The second-order valence-electron chi connectivity index (χ2n) is 3.37. The molecular formula is C13H16OS. The number of thioether (sulfide) groups is 1. The van der Waals surface area contributed by atoms with Crippen LogP contribution in [0, 0.1) is 0 Å². The van der Waals surface area contributed by atoms with Crippen molar-refractivity contribution in [1.82, 2.24) is 0 Å². The van der Waals surface area contributed by atoms with Crippen molar-refractivity contribution in [3.8, 4) is 0 Å². The number of carbonyl (C=O) groups excluding carboxylic acids is 1. The van der Waals surface area contributed by atoms with Gasteiger partial charge in [0.1, 0.15) is 6.29 Å². The van der Waals surface area contributed by atoms with Crippen molar-refractivity contribution in [3.05, 3.63) is 42.5 Å². The molecule has 2 heteroatoms.